The number of hydrogen-bond acceptors (Lipinski definition) is 4. The van der Waals surface area contributed by atoms with Gasteiger partial charge in [-0.1, -0.05) is 19.1 Å². The van der Waals surface area contributed by atoms with Gasteiger partial charge in [-0.05, 0) is 54.8 Å². The number of carbonyl (C=O) groups excluding carboxylic acids is 1. The van der Waals surface area contributed by atoms with Crippen molar-refractivity contribution >= 4 is 27.3 Å². The fourth-order valence-corrected chi connectivity index (χ4v) is 3.62. The Morgan fingerprint density at radius 3 is 2.35 bits per heavy atom. The van der Waals surface area contributed by atoms with Crippen LogP contribution >= 0.6 is 0 Å². The fraction of sp³-hybridized carbons (Fsp3) is 0.316. The molecule has 2 aromatic carbocycles. The van der Waals surface area contributed by atoms with Crippen molar-refractivity contribution in [2.45, 2.75) is 26.7 Å². The van der Waals surface area contributed by atoms with Crippen LogP contribution < -0.4 is 14.8 Å². The summed E-state index contributed by atoms with van der Waals surface area (Å²) in [5, 5.41) is 2.80. The van der Waals surface area contributed by atoms with E-state index in [0.29, 0.717) is 17.8 Å². The van der Waals surface area contributed by atoms with Crippen molar-refractivity contribution in [3.8, 4) is 5.75 Å². The van der Waals surface area contributed by atoms with E-state index in [9.17, 15) is 13.2 Å². The fourth-order valence-electron chi connectivity index (χ4n) is 2.49. The van der Waals surface area contributed by atoms with Crippen molar-refractivity contribution in [3.63, 3.8) is 0 Å². The average Bonchev–Trinajstić information content (AvgIpc) is 2.58. The highest BCUT2D eigenvalue weighted by Gasteiger charge is 2.10. The molecule has 0 saturated carbocycles. The van der Waals surface area contributed by atoms with Crippen LogP contribution in [-0.2, 0) is 21.2 Å². The topological polar surface area (TPSA) is 84.5 Å². The first-order valence-corrected chi connectivity index (χ1v) is 10.0. The SMILES string of the molecule is CCCS(=O)(=O)Nc1ccc(NC(=O)Cc2ccc(C)c(OC)c2)cc1. The monoisotopic (exact) mass is 376 g/mol. The molecule has 0 aromatic heterocycles. The number of aryl methyl sites for hydroxylation is 1. The third-order valence-corrected chi connectivity index (χ3v) is 5.24. The zero-order chi connectivity index (χ0) is 19.2. The molecule has 2 aromatic rings. The van der Waals surface area contributed by atoms with Crippen LogP contribution in [0.25, 0.3) is 0 Å². The normalized spacial score (nSPS) is 11.0. The molecule has 7 heteroatoms. The Morgan fingerprint density at radius 2 is 1.73 bits per heavy atom. The molecule has 0 aliphatic carbocycles. The minimum Gasteiger partial charge on any atom is -0.496 e. The molecule has 0 aliphatic heterocycles. The van der Waals surface area contributed by atoms with E-state index >= 15 is 0 Å². The number of carbonyl (C=O) groups is 1. The molecule has 0 bridgehead atoms. The van der Waals surface area contributed by atoms with Crippen LogP contribution in [0.5, 0.6) is 5.75 Å². The van der Waals surface area contributed by atoms with Gasteiger partial charge < -0.3 is 10.1 Å². The summed E-state index contributed by atoms with van der Waals surface area (Å²) < 4.78 is 31.3. The van der Waals surface area contributed by atoms with Gasteiger partial charge in [-0.3, -0.25) is 9.52 Å². The smallest absolute Gasteiger partial charge is 0.232 e. The summed E-state index contributed by atoms with van der Waals surface area (Å²) in [6.07, 6.45) is 0.773. The van der Waals surface area contributed by atoms with Crippen LogP contribution in [0.1, 0.15) is 24.5 Å². The summed E-state index contributed by atoms with van der Waals surface area (Å²) in [4.78, 5) is 12.2. The standard InChI is InChI=1S/C19H24N2O4S/c1-4-11-26(23,24)21-17-9-7-16(8-10-17)20-19(22)13-15-6-5-14(2)18(12-15)25-3/h5-10,12,21H,4,11,13H2,1-3H3,(H,20,22). The number of amides is 1. The minimum atomic E-state index is -3.32. The molecular formula is C19H24N2O4S. The van der Waals surface area contributed by atoms with Crippen LogP contribution in [0.2, 0.25) is 0 Å². The van der Waals surface area contributed by atoms with Crippen molar-refractivity contribution in [1.82, 2.24) is 0 Å². The lowest BCUT2D eigenvalue weighted by atomic mass is 10.1. The molecular weight excluding hydrogens is 352 g/mol. The molecule has 140 valence electrons. The van der Waals surface area contributed by atoms with Gasteiger partial charge >= 0.3 is 0 Å². The average molecular weight is 376 g/mol. The molecule has 0 fully saturated rings. The molecule has 0 atom stereocenters. The Bertz CT molecular complexity index is 862. The molecule has 0 spiro atoms. The lowest BCUT2D eigenvalue weighted by Gasteiger charge is -2.10. The number of ether oxygens (including phenoxy) is 1. The molecule has 6 nitrogen and oxygen atoms in total. The van der Waals surface area contributed by atoms with E-state index in [1.807, 2.05) is 32.0 Å². The first kappa shape index (κ1) is 19.8. The lowest BCUT2D eigenvalue weighted by Crippen LogP contribution is -2.16. The second kappa shape index (κ2) is 8.71. The number of hydrogen-bond donors (Lipinski definition) is 2. The van der Waals surface area contributed by atoms with E-state index in [0.717, 1.165) is 16.9 Å². The molecule has 2 rings (SSSR count). The second-order valence-electron chi connectivity index (χ2n) is 6.03. The van der Waals surface area contributed by atoms with Gasteiger partial charge in [0.25, 0.3) is 0 Å². The van der Waals surface area contributed by atoms with E-state index in [4.69, 9.17) is 4.74 Å². The number of sulfonamides is 1. The highest BCUT2D eigenvalue weighted by molar-refractivity contribution is 7.92. The van der Waals surface area contributed by atoms with Crippen molar-refractivity contribution in [1.29, 1.82) is 0 Å². The zero-order valence-corrected chi connectivity index (χ0v) is 16.0. The molecule has 26 heavy (non-hydrogen) atoms. The third kappa shape index (κ3) is 5.77. The van der Waals surface area contributed by atoms with Gasteiger partial charge in [-0.15, -0.1) is 0 Å². The highest BCUT2D eigenvalue weighted by Crippen LogP contribution is 2.20. The van der Waals surface area contributed by atoms with Gasteiger partial charge in [0.05, 0.1) is 19.3 Å². The molecule has 0 unspecified atom stereocenters. The van der Waals surface area contributed by atoms with E-state index in [-0.39, 0.29) is 18.1 Å². The van der Waals surface area contributed by atoms with Crippen LogP contribution in [0.15, 0.2) is 42.5 Å². The van der Waals surface area contributed by atoms with E-state index in [1.165, 1.54) is 0 Å². The summed E-state index contributed by atoms with van der Waals surface area (Å²) in [6, 6.07) is 12.2. The van der Waals surface area contributed by atoms with Gasteiger partial charge in [0.15, 0.2) is 0 Å². The molecule has 0 aliphatic rings. The minimum absolute atomic E-state index is 0.0749. The Morgan fingerprint density at radius 1 is 1.08 bits per heavy atom. The van der Waals surface area contributed by atoms with Crippen molar-refractivity contribution in [2.24, 2.45) is 0 Å². The van der Waals surface area contributed by atoms with Crippen LogP contribution in [-0.4, -0.2) is 27.2 Å². The molecule has 2 N–H and O–H groups in total. The zero-order valence-electron chi connectivity index (χ0n) is 15.2. The summed E-state index contributed by atoms with van der Waals surface area (Å²) in [5.41, 5.74) is 2.94. The number of anilines is 2. The molecule has 0 heterocycles. The summed E-state index contributed by atoms with van der Waals surface area (Å²) in [6.45, 7) is 3.75. The maximum absolute atomic E-state index is 12.2. The van der Waals surface area contributed by atoms with E-state index < -0.39 is 10.0 Å². The summed E-state index contributed by atoms with van der Waals surface area (Å²) >= 11 is 0. The number of benzene rings is 2. The van der Waals surface area contributed by atoms with Crippen molar-refractivity contribution < 1.29 is 17.9 Å². The molecule has 1 amide bonds. The molecule has 0 radical (unpaired) electrons. The Hall–Kier alpha value is -2.54. The Balaban J connectivity index is 1.97. The maximum atomic E-state index is 12.2. The van der Waals surface area contributed by atoms with E-state index in [2.05, 4.69) is 10.0 Å². The predicted molar refractivity (Wildman–Crippen MR) is 104 cm³/mol. The first-order chi connectivity index (χ1) is 12.3. The van der Waals surface area contributed by atoms with E-state index in [1.54, 1.807) is 31.4 Å². The van der Waals surface area contributed by atoms with Gasteiger partial charge in [0.2, 0.25) is 15.9 Å². The van der Waals surface area contributed by atoms with Gasteiger partial charge in [0.1, 0.15) is 5.75 Å². The van der Waals surface area contributed by atoms with Crippen LogP contribution in [0, 0.1) is 6.92 Å². The predicted octanol–water partition coefficient (Wildman–Crippen LogP) is 3.34. The summed E-state index contributed by atoms with van der Waals surface area (Å²) in [5.74, 6) is 0.667. The second-order valence-corrected chi connectivity index (χ2v) is 7.87. The van der Waals surface area contributed by atoms with Gasteiger partial charge in [-0.2, -0.15) is 0 Å². The number of nitrogens with one attached hydrogen (secondary N) is 2. The highest BCUT2D eigenvalue weighted by atomic mass is 32.2. The largest absolute Gasteiger partial charge is 0.496 e. The first-order valence-electron chi connectivity index (χ1n) is 8.37. The lowest BCUT2D eigenvalue weighted by molar-refractivity contribution is -0.115. The van der Waals surface area contributed by atoms with Crippen LogP contribution in [0.4, 0.5) is 11.4 Å². The van der Waals surface area contributed by atoms with Crippen molar-refractivity contribution in [3.05, 3.63) is 53.6 Å². The quantitative estimate of drug-likeness (QED) is 0.740. The number of methoxy groups -OCH3 is 1. The third-order valence-electron chi connectivity index (χ3n) is 3.75. The Labute approximate surface area is 154 Å². The summed E-state index contributed by atoms with van der Waals surface area (Å²) in [7, 11) is -1.72. The van der Waals surface area contributed by atoms with Gasteiger partial charge in [-0.25, -0.2) is 8.42 Å². The van der Waals surface area contributed by atoms with Gasteiger partial charge in [0, 0.05) is 11.4 Å². The maximum Gasteiger partial charge on any atom is 0.232 e. The Kier molecular flexibility index (Phi) is 6.63. The van der Waals surface area contributed by atoms with Crippen LogP contribution in [0.3, 0.4) is 0 Å². The number of rotatable bonds is 8. The molecule has 0 saturated heterocycles. The van der Waals surface area contributed by atoms with Crippen molar-refractivity contribution in [2.75, 3.05) is 22.9 Å².